The van der Waals surface area contributed by atoms with Gasteiger partial charge in [0, 0.05) is 23.7 Å². The maximum Gasteiger partial charge on any atom is 0.191 e. The number of thioether (sulfide) groups is 1. The Kier molecular flexibility index (Phi) is 4.59. The fraction of sp³-hybridized carbons (Fsp3) is 0.312. The van der Waals surface area contributed by atoms with E-state index in [2.05, 4.69) is 52.6 Å². The molecule has 2 heterocycles. The number of benzene rings is 1. The zero-order valence-corrected chi connectivity index (χ0v) is 14.5. The first-order chi connectivity index (χ1) is 10.7. The Bertz CT molecular complexity index is 776. The zero-order valence-electron chi connectivity index (χ0n) is 12.9. The molecule has 0 saturated heterocycles. The van der Waals surface area contributed by atoms with Crippen LogP contribution in [0.3, 0.4) is 0 Å². The number of hydrogen-bond acceptors (Lipinski definition) is 5. The highest BCUT2D eigenvalue weighted by Gasteiger charge is 2.12. The Balaban J connectivity index is 1.76. The summed E-state index contributed by atoms with van der Waals surface area (Å²) in [7, 11) is 2.01. The van der Waals surface area contributed by atoms with Gasteiger partial charge in [0.25, 0.3) is 0 Å². The lowest BCUT2D eigenvalue weighted by molar-refractivity contribution is 0.793. The van der Waals surface area contributed by atoms with Crippen molar-refractivity contribution in [3.63, 3.8) is 0 Å². The number of aryl methyl sites for hydroxylation is 2. The second kappa shape index (κ2) is 6.62. The van der Waals surface area contributed by atoms with Gasteiger partial charge in [-0.2, -0.15) is 0 Å². The molecular formula is C16H18N4S2. The average molecular weight is 330 g/mol. The van der Waals surface area contributed by atoms with Crippen molar-refractivity contribution in [3.05, 3.63) is 45.9 Å². The molecule has 0 aliphatic carbocycles. The maximum absolute atomic E-state index is 4.59. The van der Waals surface area contributed by atoms with Gasteiger partial charge < -0.3 is 4.57 Å². The Labute approximate surface area is 138 Å². The smallest absolute Gasteiger partial charge is 0.191 e. The van der Waals surface area contributed by atoms with E-state index in [1.165, 1.54) is 10.6 Å². The molecule has 0 aliphatic heterocycles. The maximum atomic E-state index is 4.59. The molecule has 0 bridgehead atoms. The van der Waals surface area contributed by atoms with Crippen LogP contribution in [0.4, 0.5) is 0 Å². The van der Waals surface area contributed by atoms with Gasteiger partial charge in [-0.05, 0) is 19.4 Å². The second-order valence-electron chi connectivity index (χ2n) is 5.11. The largest absolute Gasteiger partial charge is 0.305 e. The van der Waals surface area contributed by atoms with E-state index in [4.69, 9.17) is 0 Å². The molecule has 0 aliphatic rings. The van der Waals surface area contributed by atoms with Crippen molar-refractivity contribution < 1.29 is 0 Å². The van der Waals surface area contributed by atoms with E-state index in [-0.39, 0.29) is 0 Å². The SMILES string of the molecule is CCc1nc(CSc2nnc(-c3cccc(C)c3)n2C)cs1. The number of nitrogens with zero attached hydrogens (tertiary/aromatic N) is 4. The molecule has 4 nitrogen and oxygen atoms in total. The Morgan fingerprint density at radius 3 is 2.86 bits per heavy atom. The van der Waals surface area contributed by atoms with Crippen LogP contribution in [-0.4, -0.2) is 19.7 Å². The first kappa shape index (κ1) is 15.2. The minimum atomic E-state index is 0.830. The van der Waals surface area contributed by atoms with E-state index >= 15 is 0 Å². The van der Waals surface area contributed by atoms with Gasteiger partial charge in [0.05, 0.1) is 10.7 Å². The summed E-state index contributed by atoms with van der Waals surface area (Å²) in [6, 6.07) is 8.34. The summed E-state index contributed by atoms with van der Waals surface area (Å²) in [4.78, 5) is 4.59. The molecule has 22 heavy (non-hydrogen) atoms. The standard InChI is InChI=1S/C16H18N4S2/c1-4-14-17-13(9-21-14)10-22-16-19-18-15(20(16)3)12-7-5-6-11(2)8-12/h5-9H,4,10H2,1-3H3. The third-order valence-corrected chi connectivity index (χ3v) is 5.46. The highest BCUT2D eigenvalue weighted by atomic mass is 32.2. The van der Waals surface area contributed by atoms with Gasteiger partial charge in [0.2, 0.25) is 0 Å². The number of hydrogen-bond donors (Lipinski definition) is 0. The predicted molar refractivity (Wildman–Crippen MR) is 92.2 cm³/mol. The highest BCUT2D eigenvalue weighted by molar-refractivity contribution is 7.98. The van der Waals surface area contributed by atoms with Crippen molar-refractivity contribution in [2.75, 3.05) is 0 Å². The van der Waals surface area contributed by atoms with Crippen LogP contribution in [0.15, 0.2) is 34.8 Å². The van der Waals surface area contributed by atoms with Crippen molar-refractivity contribution in [1.82, 2.24) is 19.7 Å². The first-order valence-corrected chi connectivity index (χ1v) is 9.06. The van der Waals surface area contributed by atoms with Crippen molar-refractivity contribution >= 4 is 23.1 Å². The molecule has 6 heteroatoms. The molecule has 0 saturated carbocycles. The van der Waals surface area contributed by atoms with Gasteiger partial charge in [-0.1, -0.05) is 42.4 Å². The Hall–Kier alpha value is -1.66. The molecule has 0 atom stereocenters. The molecule has 0 radical (unpaired) electrons. The third-order valence-electron chi connectivity index (χ3n) is 3.36. The van der Waals surface area contributed by atoms with Gasteiger partial charge in [-0.3, -0.25) is 0 Å². The number of aromatic nitrogens is 4. The highest BCUT2D eigenvalue weighted by Crippen LogP contribution is 2.26. The number of thiazole rings is 1. The molecule has 0 spiro atoms. The van der Waals surface area contributed by atoms with Gasteiger partial charge in [-0.25, -0.2) is 4.98 Å². The summed E-state index contributed by atoms with van der Waals surface area (Å²) in [6.07, 6.45) is 0.997. The van der Waals surface area contributed by atoms with Crippen molar-refractivity contribution in [2.24, 2.45) is 7.05 Å². The van der Waals surface area contributed by atoms with Crippen molar-refractivity contribution in [3.8, 4) is 11.4 Å². The molecule has 0 unspecified atom stereocenters. The summed E-state index contributed by atoms with van der Waals surface area (Å²) in [5.74, 6) is 1.73. The summed E-state index contributed by atoms with van der Waals surface area (Å²) >= 11 is 3.40. The number of rotatable bonds is 5. The Morgan fingerprint density at radius 2 is 2.14 bits per heavy atom. The summed E-state index contributed by atoms with van der Waals surface area (Å²) in [5, 5.41) is 12.9. The fourth-order valence-corrected chi connectivity index (χ4v) is 3.85. The molecule has 0 fully saturated rings. The van der Waals surface area contributed by atoms with Crippen LogP contribution in [0.5, 0.6) is 0 Å². The van der Waals surface area contributed by atoms with E-state index in [1.54, 1.807) is 23.1 Å². The fourth-order valence-electron chi connectivity index (χ4n) is 2.19. The lowest BCUT2D eigenvalue weighted by Gasteiger charge is -2.04. The van der Waals surface area contributed by atoms with E-state index in [0.29, 0.717) is 0 Å². The van der Waals surface area contributed by atoms with Crippen LogP contribution in [0.1, 0.15) is 23.2 Å². The molecule has 2 aromatic heterocycles. The topological polar surface area (TPSA) is 43.6 Å². The normalized spacial score (nSPS) is 11.0. The van der Waals surface area contributed by atoms with Gasteiger partial charge in [0.1, 0.15) is 0 Å². The first-order valence-electron chi connectivity index (χ1n) is 7.20. The quantitative estimate of drug-likeness (QED) is 0.661. The summed E-state index contributed by atoms with van der Waals surface area (Å²) < 4.78 is 2.05. The minimum Gasteiger partial charge on any atom is -0.305 e. The molecule has 0 amide bonds. The van der Waals surface area contributed by atoms with Crippen LogP contribution < -0.4 is 0 Å². The second-order valence-corrected chi connectivity index (χ2v) is 6.99. The average Bonchev–Trinajstić information content (AvgIpc) is 3.12. The molecule has 1 aromatic carbocycles. The third kappa shape index (κ3) is 3.23. The minimum absolute atomic E-state index is 0.830. The predicted octanol–water partition coefficient (Wildman–Crippen LogP) is 4.10. The summed E-state index contributed by atoms with van der Waals surface area (Å²) in [6.45, 7) is 4.22. The van der Waals surface area contributed by atoms with E-state index in [0.717, 1.165) is 34.4 Å². The summed E-state index contributed by atoms with van der Waals surface area (Å²) in [5.41, 5.74) is 3.44. The molecule has 3 aromatic rings. The van der Waals surface area contributed by atoms with E-state index < -0.39 is 0 Å². The lowest BCUT2D eigenvalue weighted by atomic mass is 10.1. The van der Waals surface area contributed by atoms with Gasteiger partial charge in [0.15, 0.2) is 11.0 Å². The van der Waals surface area contributed by atoms with Crippen LogP contribution in [-0.2, 0) is 19.2 Å². The van der Waals surface area contributed by atoms with Gasteiger partial charge in [-0.15, -0.1) is 21.5 Å². The monoisotopic (exact) mass is 330 g/mol. The molecule has 0 N–H and O–H groups in total. The molecule has 114 valence electrons. The van der Waals surface area contributed by atoms with Crippen molar-refractivity contribution in [1.29, 1.82) is 0 Å². The van der Waals surface area contributed by atoms with Crippen molar-refractivity contribution in [2.45, 2.75) is 31.2 Å². The molecular weight excluding hydrogens is 312 g/mol. The van der Waals surface area contributed by atoms with Gasteiger partial charge >= 0.3 is 0 Å². The van der Waals surface area contributed by atoms with E-state index in [1.807, 2.05) is 17.7 Å². The molecule has 3 rings (SSSR count). The van der Waals surface area contributed by atoms with E-state index in [9.17, 15) is 0 Å². The van der Waals surface area contributed by atoms with Crippen LogP contribution in [0.2, 0.25) is 0 Å². The Morgan fingerprint density at radius 1 is 1.27 bits per heavy atom. The van der Waals surface area contributed by atoms with Crippen LogP contribution >= 0.6 is 23.1 Å². The van der Waals surface area contributed by atoms with Crippen LogP contribution in [0.25, 0.3) is 11.4 Å². The van der Waals surface area contributed by atoms with Crippen LogP contribution in [0, 0.1) is 6.92 Å². The lowest BCUT2D eigenvalue weighted by Crippen LogP contribution is -1.95. The zero-order chi connectivity index (χ0) is 15.5.